The van der Waals surface area contributed by atoms with Gasteiger partial charge >= 0.3 is 0 Å². The SMILES string of the molecule is CN(C)c1c(CN(C)C(C)(C)CC(C)(C)C)cc(O)c2c1C[C@H]1C[C@H]3[C@H](N(C)C)C(=O)C(C(N)=O)=C(O)[C@@]3(O)C(=O)C1=C2O. The Morgan fingerprint density at radius 1 is 1.05 bits per heavy atom. The average Bonchev–Trinajstić information content (AvgIpc) is 2.84. The van der Waals surface area contributed by atoms with E-state index in [0.29, 0.717) is 12.1 Å². The molecule has 1 amide bonds. The van der Waals surface area contributed by atoms with Crippen molar-refractivity contribution in [1.29, 1.82) is 0 Å². The van der Waals surface area contributed by atoms with Crippen LogP contribution in [-0.4, -0.2) is 100 Å². The number of primary amides is 1. The monoisotopic (exact) mass is 612 g/mol. The van der Waals surface area contributed by atoms with E-state index in [0.717, 1.165) is 17.7 Å². The predicted molar refractivity (Wildman–Crippen MR) is 168 cm³/mol. The zero-order chi connectivity index (χ0) is 33.4. The van der Waals surface area contributed by atoms with Crippen molar-refractivity contribution >= 4 is 28.9 Å². The minimum atomic E-state index is -2.66. The van der Waals surface area contributed by atoms with Crippen LogP contribution in [0.3, 0.4) is 0 Å². The number of phenols is 1. The topological polar surface area (TPSA) is 168 Å². The first-order valence-electron chi connectivity index (χ1n) is 15.0. The first-order valence-corrected chi connectivity index (χ1v) is 15.0. The number of carbonyl (C=O) groups excluding carboxylic acids is 3. The molecule has 0 radical (unpaired) electrons. The van der Waals surface area contributed by atoms with Crippen LogP contribution in [0.2, 0.25) is 0 Å². The highest BCUT2D eigenvalue weighted by atomic mass is 16.3. The lowest BCUT2D eigenvalue weighted by Gasteiger charge is -2.50. The molecule has 0 spiro atoms. The van der Waals surface area contributed by atoms with Gasteiger partial charge < -0.3 is 31.1 Å². The van der Waals surface area contributed by atoms with Crippen LogP contribution in [0.15, 0.2) is 23.0 Å². The summed E-state index contributed by atoms with van der Waals surface area (Å²) in [6.07, 6.45) is 1.21. The fourth-order valence-electron chi connectivity index (χ4n) is 7.95. The van der Waals surface area contributed by atoms with Gasteiger partial charge in [-0.2, -0.15) is 0 Å². The van der Waals surface area contributed by atoms with Crippen LogP contribution in [0.5, 0.6) is 5.75 Å². The number of aromatic hydroxyl groups is 1. The second kappa shape index (κ2) is 10.9. The van der Waals surface area contributed by atoms with Crippen LogP contribution in [0.1, 0.15) is 64.2 Å². The maximum Gasteiger partial charge on any atom is 0.255 e. The van der Waals surface area contributed by atoms with Gasteiger partial charge in [0.15, 0.2) is 11.4 Å². The molecule has 3 aliphatic carbocycles. The number of nitrogens with zero attached hydrogens (tertiary/aromatic N) is 3. The van der Waals surface area contributed by atoms with Gasteiger partial charge in [-0.3, -0.25) is 24.2 Å². The molecular formula is C33H48N4O7. The quantitative estimate of drug-likeness (QED) is 0.289. The molecule has 11 heteroatoms. The zero-order valence-corrected chi connectivity index (χ0v) is 27.6. The Hall–Kier alpha value is -3.41. The predicted octanol–water partition coefficient (Wildman–Crippen LogP) is 2.68. The maximum absolute atomic E-state index is 14.1. The number of ketones is 2. The summed E-state index contributed by atoms with van der Waals surface area (Å²) in [5.74, 6) is -6.61. The largest absolute Gasteiger partial charge is 0.508 e. The van der Waals surface area contributed by atoms with E-state index in [4.69, 9.17) is 5.73 Å². The number of anilines is 1. The average molecular weight is 613 g/mol. The van der Waals surface area contributed by atoms with Crippen LogP contribution < -0.4 is 10.6 Å². The second-order valence-corrected chi connectivity index (χ2v) is 15.0. The van der Waals surface area contributed by atoms with E-state index >= 15 is 0 Å². The van der Waals surface area contributed by atoms with Gasteiger partial charge in [-0.1, -0.05) is 20.8 Å². The molecule has 1 fully saturated rings. The van der Waals surface area contributed by atoms with Gasteiger partial charge in [0.1, 0.15) is 22.8 Å². The van der Waals surface area contributed by atoms with Gasteiger partial charge in [0, 0.05) is 43.4 Å². The van der Waals surface area contributed by atoms with Crippen molar-refractivity contribution in [3.05, 3.63) is 39.7 Å². The van der Waals surface area contributed by atoms with Crippen LogP contribution in [0.4, 0.5) is 5.69 Å². The molecule has 4 rings (SSSR count). The summed E-state index contributed by atoms with van der Waals surface area (Å²) < 4.78 is 0. The summed E-state index contributed by atoms with van der Waals surface area (Å²) in [7, 11) is 8.97. The molecular weight excluding hydrogens is 564 g/mol. The van der Waals surface area contributed by atoms with Gasteiger partial charge in [-0.25, -0.2) is 0 Å². The summed E-state index contributed by atoms with van der Waals surface area (Å²) in [6, 6.07) is 0.475. The number of aliphatic hydroxyl groups is 3. The Morgan fingerprint density at radius 2 is 1.64 bits per heavy atom. The van der Waals surface area contributed by atoms with Crippen molar-refractivity contribution in [1.82, 2.24) is 9.80 Å². The van der Waals surface area contributed by atoms with E-state index in [-0.39, 0.29) is 40.7 Å². The Labute approximate surface area is 259 Å². The minimum Gasteiger partial charge on any atom is -0.508 e. The molecule has 1 aromatic rings. The lowest BCUT2D eigenvalue weighted by molar-refractivity contribution is -0.153. The first kappa shape index (κ1) is 33.5. The number of aliphatic hydroxyl groups excluding tert-OH is 2. The standard InChI is InChI=1S/C33H48N4O7/c1-31(2,3)15-32(4,5)37(10)14-17-13-20(38)22-18(24(17)35(6)7)11-16-12-19-25(36(8)9)27(40)23(30(34)43)29(42)33(19,44)28(41)21(16)26(22)39/h13,16,19,25,38-39,42,44H,11-12,14-15H2,1-10H3,(H2,34,43)/t16-,19-,25-,33-/m0/s1. The van der Waals surface area contributed by atoms with Gasteiger partial charge in [-0.15, -0.1) is 0 Å². The summed E-state index contributed by atoms with van der Waals surface area (Å²) in [5, 5.41) is 45.8. The lowest BCUT2D eigenvalue weighted by atomic mass is 9.57. The van der Waals surface area contributed by atoms with Crippen molar-refractivity contribution in [3.63, 3.8) is 0 Å². The highest BCUT2D eigenvalue weighted by Crippen LogP contribution is 2.54. The third-order valence-electron chi connectivity index (χ3n) is 9.62. The highest BCUT2D eigenvalue weighted by Gasteiger charge is 2.64. The maximum atomic E-state index is 14.1. The van der Waals surface area contributed by atoms with Crippen LogP contribution in [-0.2, 0) is 27.3 Å². The number of carbonyl (C=O) groups is 3. The van der Waals surface area contributed by atoms with Gasteiger partial charge in [0.05, 0.1) is 11.6 Å². The van der Waals surface area contributed by atoms with Crippen LogP contribution in [0, 0.1) is 17.3 Å². The molecule has 0 bridgehead atoms. The number of nitrogens with two attached hydrogens (primary N) is 1. The smallest absolute Gasteiger partial charge is 0.255 e. The number of amides is 1. The van der Waals surface area contributed by atoms with Crippen LogP contribution in [0.25, 0.3) is 5.76 Å². The molecule has 11 nitrogen and oxygen atoms in total. The van der Waals surface area contributed by atoms with Crippen molar-refractivity contribution < 1.29 is 34.8 Å². The van der Waals surface area contributed by atoms with Gasteiger partial charge in [-0.05, 0) is 82.8 Å². The zero-order valence-electron chi connectivity index (χ0n) is 27.6. The van der Waals surface area contributed by atoms with E-state index in [2.05, 4.69) is 39.5 Å². The van der Waals surface area contributed by atoms with E-state index in [1.807, 2.05) is 26.0 Å². The molecule has 3 aliphatic rings. The Balaban J connectivity index is 1.90. The lowest BCUT2D eigenvalue weighted by Crippen LogP contribution is -2.65. The summed E-state index contributed by atoms with van der Waals surface area (Å²) in [6.45, 7) is 11.5. The Morgan fingerprint density at radius 3 is 2.14 bits per heavy atom. The Kier molecular flexibility index (Phi) is 8.28. The molecule has 0 saturated heterocycles. The third-order valence-corrected chi connectivity index (χ3v) is 9.62. The van der Waals surface area contributed by atoms with Crippen LogP contribution >= 0.6 is 0 Å². The summed E-state index contributed by atoms with van der Waals surface area (Å²) in [5.41, 5.74) is 4.07. The molecule has 0 unspecified atom stereocenters. The second-order valence-electron chi connectivity index (χ2n) is 15.0. The molecule has 44 heavy (non-hydrogen) atoms. The van der Waals surface area contributed by atoms with E-state index in [1.54, 1.807) is 20.2 Å². The third kappa shape index (κ3) is 5.18. The van der Waals surface area contributed by atoms with Gasteiger partial charge in [0.2, 0.25) is 5.78 Å². The molecule has 0 aliphatic heterocycles. The van der Waals surface area contributed by atoms with E-state index in [1.165, 1.54) is 4.90 Å². The summed E-state index contributed by atoms with van der Waals surface area (Å²) >= 11 is 0. The normalized spacial score (nSPS) is 25.8. The van der Waals surface area contributed by atoms with E-state index < -0.39 is 58.0 Å². The van der Waals surface area contributed by atoms with Gasteiger partial charge in [0.25, 0.3) is 5.91 Å². The number of rotatable bonds is 7. The van der Waals surface area contributed by atoms with Crippen molar-refractivity contribution in [2.24, 2.45) is 23.0 Å². The van der Waals surface area contributed by atoms with Crippen molar-refractivity contribution in [3.8, 4) is 5.75 Å². The first-order chi connectivity index (χ1) is 20.1. The summed E-state index contributed by atoms with van der Waals surface area (Å²) in [4.78, 5) is 45.3. The molecule has 1 aromatic carbocycles. The fourth-order valence-corrected chi connectivity index (χ4v) is 7.95. The van der Waals surface area contributed by atoms with Crippen molar-refractivity contribution in [2.75, 3.05) is 40.1 Å². The number of phenolic OH excluding ortho intramolecular Hbond substituents is 1. The highest BCUT2D eigenvalue weighted by molar-refractivity contribution is 6.24. The number of Topliss-reactive ketones (excluding diaryl/α,β-unsaturated/α-hetero) is 2. The fraction of sp³-hybridized carbons (Fsp3) is 0.606. The van der Waals surface area contributed by atoms with E-state index in [9.17, 15) is 34.8 Å². The Bertz CT molecular complexity index is 1480. The number of hydrogen-bond donors (Lipinski definition) is 5. The molecule has 4 atom stereocenters. The molecule has 242 valence electrons. The number of likely N-dealkylation sites (N-methyl/N-ethyl adjacent to an activating group) is 1. The number of benzene rings is 1. The van der Waals surface area contributed by atoms with Crippen molar-refractivity contribution in [2.45, 2.75) is 77.6 Å². The number of hydrogen-bond acceptors (Lipinski definition) is 10. The minimum absolute atomic E-state index is 0.0438. The molecule has 0 aromatic heterocycles. The molecule has 6 N–H and O–H groups in total. The molecule has 0 heterocycles. The number of fused-ring (bicyclic) bond motifs is 3. The molecule has 1 saturated carbocycles.